The Morgan fingerprint density at radius 3 is 1.54 bits per heavy atom. The van der Waals surface area contributed by atoms with Crippen LogP contribution in [0.2, 0.25) is 0 Å². The molecule has 0 radical (unpaired) electrons. The first kappa shape index (κ1) is 52.9. The highest BCUT2D eigenvalue weighted by molar-refractivity contribution is 5.70. The lowest BCUT2D eigenvalue weighted by atomic mass is 9.99. The van der Waals surface area contributed by atoms with Crippen molar-refractivity contribution in [2.24, 2.45) is 0 Å². The first-order valence-corrected chi connectivity index (χ1v) is 23.1. The van der Waals surface area contributed by atoms with Crippen molar-refractivity contribution in [1.82, 2.24) is 0 Å². The Kier molecular flexibility index (Phi) is 35.4. The first-order valence-electron chi connectivity index (χ1n) is 23.1. The first-order chi connectivity index (χ1) is 27.8. The zero-order valence-corrected chi connectivity index (χ0v) is 36.1. The van der Waals surface area contributed by atoms with E-state index in [0.717, 1.165) is 32.1 Å². The fourth-order valence-corrected chi connectivity index (χ4v) is 6.83. The third-order valence-electron chi connectivity index (χ3n) is 10.5. The van der Waals surface area contributed by atoms with Crippen LogP contribution in [0.3, 0.4) is 0 Å². The van der Waals surface area contributed by atoms with Crippen molar-refractivity contribution in [1.29, 1.82) is 0 Å². The Balaban J connectivity index is 2.37. The van der Waals surface area contributed by atoms with Gasteiger partial charge in [-0.1, -0.05) is 166 Å². The van der Waals surface area contributed by atoms with Crippen LogP contribution in [0.4, 0.5) is 0 Å². The molecule has 332 valence electrons. The number of aliphatic hydroxyl groups is 4. The maximum atomic E-state index is 12.7. The van der Waals surface area contributed by atoms with Crippen LogP contribution in [0.5, 0.6) is 0 Å². The molecule has 10 nitrogen and oxygen atoms in total. The molecule has 1 rings (SSSR count). The number of rotatable bonds is 38. The van der Waals surface area contributed by atoms with Gasteiger partial charge in [0, 0.05) is 12.8 Å². The highest BCUT2D eigenvalue weighted by Gasteiger charge is 2.44. The van der Waals surface area contributed by atoms with E-state index < -0.39 is 55.4 Å². The lowest BCUT2D eigenvalue weighted by Gasteiger charge is -2.39. The molecular formula is C47H84O10. The summed E-state index contributed by atoms with van der Waals surface area (Å²) in [6.45, 7) is 3.35. The van der Waals surface area contributed by atoms with Crippen molar-refractivity contribution in [2.45, 2.75) is 230 Å². The van der Waals surface area contributed by atoms with E-state index >= 15 is 0 Å². The summed E-state index contributed by atoms with van der Waals surface area (Å²) in [5.41, 5.74) is 0. The molecule has 1 saturated heterocycles. The third kappa shape index (κ3) is 29.7. The minimum absolute atomic E-state index is 0.139. The molecule has 1 aliphatic rings. The van der Waals surface area contributed by atoms with Crippen molar-refractivity contribution in [3.63, 3.8) is 0 Å². The molecule has 4 N–H and O–H groups in total. The molecule has 0 saturated carbocycles. The van der Waals surface area contributed by atoms with Gasteiger partial charge in [-0.25, -0.2) is 0 Å². The Morgan fingerprint density at radius 2 is 1.02 bits per heavy atom. The minimum Gasteiger partial charge on any atom is -0.462 e. The predicted molar refractivity (Wildman–Crippen MR) is 229 cm³/mol. The Hall–Kier alpha value is -2.08. The second kappa shape index (κ2) is 38.1. The Bertz CT molecular complexity index is 1030. The summed E-state index contributed by atoms with van der Waals surface area (Å²) in [7, 11) is 0. The van der Waals surface area contributed by atoms with Gasteiger partial charge in [0.1, 0.15) is 31.0 Å². The molecule has 1 aliphatic heterocycles. The highest BCUT2D eigenvalue weighted by Crippen LogP contribution is 2.22. The van der Waals surface area contributed by atoms with E-state index in [1.165, 1.54) is 122 Å². The summed E-state index contributed by atoms with van der Waals surface area (Å²) in [6.07, 6.45) is 36.0. The SMILES string of the molecule is CCCCCCCCCCC/C=C/C/C=C/CCCC(=O)OC[C@@H](CO[C@H]1O[C@@H](CO)[C@@H](O)C(O)C1O)OC(=O)CC/C=C/CCCCCCCCCCCCC. The molecule has 0 bridgehead atoms. The quantitative estimate of drug-likeness (QED) is 0.0270. The van der Waals surface area contributed by atoms with Crippen LogP contribution in [0.25, 0.3) is 0 Å². The Labute approximate surface area is 346 Å². The van der Waals surface area contributed by atoms with Gasteiger partial charge in [-0.15, -0.1) is 0 Å². The van der Waals surface area contributed by atoms with Gasteiger partial charge in [0.25, 0.3) is 0 Å². The van der Waals surface area contributed by atoms with Crippen LogP contribution in [0, 0.1) is 0 Å². The zero-order valence-electron chi connectivity index (χ0n) is 36.1. The highest BCUT2D eigenvalue weighted by atomic mass is 16.7. The zero-order chi connectivity index (χ0) is 41.6. The maximum Gasteiger partial charge on any atom is 0.306 e. The Morgan fingerprint density at radius 1 is 0.544 bits per heavy atom. The van der Waals surface area contributed by atoms with E-state index in [1.54, 1.807) is 0 Å². The number of ether oxygens (including phenoxy) is 4. The molecule has 0 aromatic heterocycles. The molecular weight excluding hydrogens is 725 g/mol. The molecule has 2 unspecified atom stereocenters. The van der Waals surface area contributed by atoms with Gasteiger partial charge in [-0.3, -0.25) is 9.59 Å². The molecule has 0 aromatic rings. The average molecular weight is 809 g/mol. The third-order valence-corrected chi connectivity index (χ3v) is 10.5. The van der Waals surface area contributed by atoms with Crippen LogP contribution >= 0.6 is 0 Å². The largest absolute Gasteiger partial charge is 0.462 e. The topological polar surface area (TPSA) is 152 Å². The number of esters is 2. The number of carbonyl (C=O) groups is 2. The number of aliphatic hydroxyl groups excluding tert-OH is 4. The van der Waals surface area contributed by atoms with E-state index in [9.17, 15) is 30.0 Å². The van der Waals surface area contributed by atoms with Gasteiger partial charge >= 0.3 is 11.9 Å². The lowest BCUT2D eigenvalue weighted by Crippen LogP contribution is -2.59. The molecule has 0 aromatic carbocycles. The summed E-state index contributed by atoms with van der Waals surface area (Å²) in [6, 6.07) is 0. The van der Waals surface area contributed by atoms with Crippen LogP contribution in [0.15, 0.2) is 36.5 Å². The van der Waals surface area contributed by atoms with Crippen LogP contribution in [-0.4, -0.2) is 89.0 Å². The van der Waals surface area contributed by atoms with Crippen LogP contribution in [0.1, 0.15) is 194 Å². The number of carbonyl (C=O) groups excluding carboxylic acids is 2. The summed E-state index contributed by atoms with van der Waals surface area (Å²) >= 11 is 0. The normalized spacial score (nSPS) is 20.6. The molecule has 10 heteroatoms. The number of allylic oxidation sites excluding steroid dienone is 6. The van der Waals surface area contributed by atoms with E-state index in [2.05, 4.69) is 44.2 Å². The average Bonchev–Trinajstić information content (AvgIpc) is 3.21. The molecule has 57 heavy (non-hydrogen) atoms. The summed E-state index contributed by atoms with van der Waals surface area (Å²) < 4.78 is 22.1. The van der Waals surface area contributed by atoms with Gasteiger partial charge in [0.05, 0.1) is 13.2 Å². The number of unbranched alkanes of at least 4 members (excludes halogenated alkanes) is 21. The second-order valence-corrected chi connectivity index (χ2v) is 15.8. The van der Waals surface area contributed by atoms with Crippen molar-refractivity contribution >= 4 is 11.9 Å². The van der Waals surface area contributed by atoms with Crippen LogP contribution < -0.4 is 0 Å². The predicted octanol–water partition coefficient (Wildman–Crippen LogP) is 9.89. The fraction of sp³-hybridized carbons (Fsp3) is 0.830. The van der Waals surface area contributed by atoms with E-state index in [0.29, 0.717) is 12.8 Å². The monoisotopic (exact) mass is 809 g/mol. The van der Waals surface area contributed by atoms with E-state index in [1.807, 2.05) is 6.08 Å². The van der Waals surface area contributed by atoms with E-state index in [4.69, 9.17) is 18.9 Å². The van der Waals surface area contributed by atoms with Gasteiger partial charge in [-0.05, 0) is 51.4 Å². The van der Waals surface area contributed by atoms with Crippen molar-refractivity contribution in [3.8, 4) is 0 Å². The molecule has 0 spiro atoms. The fourth-order valence-electron chi connectivity index (χ4n) is 6.83. The van der Waals surface area contributed by atoms with E-state index in [-0.39, 0.29) is 26.1 Å². The standard InChI is InChI=1S/C47H84O10/c1-3-5-7-9-11-13-15-17-19-20-22-23-25-27-29-31-33-35-42(49)54-38-40(39-55-47-46(53)45(52)44(51)41(37-48)57-47)56-43(50)36-34-32-30-28-26-24-21-18-16-14-12-10-8-6-4-2/h22-23,27,29-30,32,40-41,44-48,51-53H,3-21,24-26,28,31,33-39H2,1-2H3/b23-22+,29-27+,32-30+/t40-,41-,44+,45?,46?,47-/m0/s1. The molecule has 6 atom stereocenters. The molecule has 0 aliphatic carbocycles. The number of hydrogen-bond donors (Lipinski definition) is 4. The van der Waals surface area contributed by atoms with Crippen LogP contribution in [-0.2, 0) is 28.5 Å². The second-order valence-electron chi connectivity index (χ2n) is 15.8. The lowest BCUT2D eigenvalue weighted by molar-refractivity contribution is -0.305. The van der Waals surface area contributed by atoms with Crippen molar-refractivity contribution < 1.29 is 49.0 Å². The molecule has 1 heterocycles. The maximum absolute atomic E-state index is 12.7. The minimum atomic E-state index is -1.61. The summed E-state index contributed by atoms with van der Waals surface area (Å²) in [5, 5.41) is 40.1. The summed E-state index contributed by atoms with van der Waals surface area (Å²) in [4.78, 5) is 25.3. The van der Waals surface area contributed by atoms with Gasteiger partial charge in [-0.2, -0.15) is 0 Å². The van der Waals surface area contributed by atoms with Gasteiger partial charge in [0.15, 0.2) is 12.4 Å². The molecule has 0 amide bonds. The smallest absolute Gasteiger partial charge is 0.306 e. The number of hydrogen-bond acceptors (Lipinski definition) is 10. The van der Waals surface area contributed by atoms with Gasteiger partial charge in [0.2, 0.25) is 0 Å². The van der Waals surface area contributed by atoms with Gasteiger partial charge < -0.3 is 39.4 Å². The van der Waals surface area contributed by atoms with Crippen molar-refractivity contribution in [2.75, 3.05) is 19.8 Å². The van der Waals surface area contributed by atoms with Crippen molar-refractivity contribution in [3.05, 3.63) is 36.5 Å². The molecule has 1 fully saturated rings. The summed E-state index contributed by atoms with van der Waals surface area (Å²) in [5.74, 6) is -0.913.